The Morgan fingerprint density at radius 3 is 3.00 bits per heavy atom. The summed E-state index contributed by atoms with van der Waals surface area (Å²) in [5.41, 5.74) is -0.347. The molecule has 0 aliphatic carbocycles. The number of H-pyrrole nitrogens is 1. The van der Waals surface area contributed by atoms with Crippen LogP contribution < -0.4 is 0 Å². The first-order valence-electron chi connectivity index (χ1n) is 6.55. The summed E-state index contributed by atoms with van der Waals surface area (Å²) in [6.07, 6.45) is 4.82. The second-order valence-electron chi connectivity index (χ2n) is 5.26. The number of piperidine rings is 1. The Morgan fingerprint density at radius 1 is 1.50 bits per heavy atom. The van der Waals surface area contributed by atoms with Crippen molar-refractivity contribution >= 4 is 11.6 Å². The molecule has 108 valence electrons. The van der Waals surface area contributed by atoms with E-state index in [2.05, 4.69) is 25.3 Å². The minimum atomic E-state index is -0.944. The number of aliphatic hydroxyl groups is 1. The zero-order valence-electron chi connectivity index (χ0n) is 11.3. The second kappa shape index (κ2) is 5.16. The Kier molecular flexibility index (Phi) is 3.49. The minimum absolute atomic E-state index is 0.518. The van der Waals surface area contributed by atoms with Crippen molar-refractivity contribution in [2.24, 2.45) is 7.05 Å². The molecule has 7 nitrogen and oxygen atoms in total. The maximum absolute atomic E-state index is 10.7. The van der Waals surface area contributed by atoms with Crippen LogP contribution >= 0.6 is 11.6 Å². The first-order valence-corrected chi connectivity index (χ1v) is 6.93. The minimum Gasteiger partial charge on any atom is -0.382 e. The molecule has 1 saturated heterocycles. The molecule has 0 saturated carbocycles. The average molecular weight is 297 g/mol. The number of aromatic nitrogens is 5. The van der Waals surface area contributed by atoms with E-state index in [9.17, 15) is 5.11 Å². The van der Waals surface area contributed by atoms with Crippen LogP contribution in [0.3, 0.4) is 0 Å². The van der Waals surface area contributed by atoms with Gasteiger partial charge in [-0.05, 0) is 19.4 Å². The number of nitrogens with zero attached hydrogens (tertiary/aromatic N) is 5. The summed E-state index contributed by atoms with van der Waals surface area (Å²) >= 11 is 5.99. The van der Waals surface area contributed by atoms with Crippen LogP contribution in [-0.2, 0) is 19.2 Å². The molecule has 8 heteroatoms. The molecule has 0 radical (unpaired) electrons. The Bertz CT molecular complexity index is 583. The van der Waals surface area contributed by atoms with Gasteiger partial charge >= 0.3 is 0 Å². The van der Waals surface area contributed by atoms with Crippen molar-refractivity contribution < 1.29 is 5.11 Å². The molecule has 2 aromatic heterocycles. The number of rotatable bonds is 3. The van der Waals surface area contributed by atoms with Crippen molar-refractivity contribution in [2.45, 2.75) is 25.0 Å². The highest BCUT2D eigenvalue weighted by Crippen LogP contribution is 2.30. The quantitative estimate of drug-likeness (QED) is 0.870. The summed E-state index contributed by atoms with van der Waals surface area (Å²) in [5, 5.41) is 21.7. The van der Waals surface area contributed by atoms with E-state index in [1.807, 2.05) is 11.6 Å². The lowest BCUT2D eigenvalue weighted by atomic mass is 9.90. The van der Waals surface area contributed by atoms with Gasteiger partial charge in [0, 0.05) is 13.6 Å². The number of aromatic amines is 1. The van der Waals surface area contributed by atoms with E-state index in [4.69, 9.17) is 11.6 Å². The fraction of sp³-hybridized carbons (Fsp3) is 0.583. The summed E-state index contributed by atoms with van der Waals surface area (Å²) in [5.74, 6) is 0.888. The normalized spacial score (nSPS) is 24.1. The van der Waals surface area contributed by atoms with Crippen molar-refractivity contribution in [3.8, 4) is 0 Å². The van der Waals surface area contributed by atoms with Gasteiger partial charge in [0.25, 0.3) is 0 Å². The largest absolute Gasteiger partial charge is 0.382 e. The number of β-amino-alcohol motifs (C(OH)–C–C–N with tert-alkyl or cyclic N) is 1. The first kappa shape index (κ1) is 13.5. The molecule has 2 aromatic rings. The highest BCUT2D eigenvalue weighted by atomic mass is 35.5. The van der Waals surface area contributed by atoms with E-state index in [0.717, 1.165) is 18.8 Å². The maximum atomic E-state index is 10.7. The lowest BCUT2D eigenvalue weighted by Gasteiger charge is -2.37. The lowest BCUT2D eigenvalue weighted by molar-refractivity contribution is -0.0422. The fourth-order valence-corrected chi connectivity index (χ4v) is 2.81. The topological polar surface area (TPSA) is 82.9 Å². The number of likely N-dealkylation sites (tertiary alicyclic amines) is 1. The van der Waals surface area contributed by atoms with Gasteiger partial charge in [-0.15, -0.1) is 0 Å². The Balaban J connectivity index is 1.74. The van der Waals surface area contributed by atoms with E-state index >= 15 is 0 Å². The van der Waals surface area contributed by atoms with Crippen molar-refractivity contribution in [2.75, 3.05) is 13.1 Å². The average Bonchev–Trinajstić information content (AvgIpc) is 3.05. The van der Waals surface area contributed by atoms with Crippen LogP contribution in [0.25, 0.3) is 0 Å². The summed E-state index contributed by atoms with van der Waals surface area (Å²) in [6, 6.07) is 0. The molecule has 0 spiro atoms. The SMILES string of the molecule is Cn1c(Cl)cnc1CN1CCC[C@](O)(c2cn[nH]n2)C1. The molecule has 1 aliphatic heterocycles. The predicted octanol–water partition coefficient (Wildman–Crippen LogP) is 0.675. The van der Waals surface area contributed by atoms with Crippen LogP contribution in [0.5, 0.6) is 0 Å². The van der Waals surface area contributed by atoms with E-state index in [0.29, 0.717) is 30.4 Å². The smallest absolute Gasteiger partial charge is 0.128 e. The van der Waals surface area contributed by atoms with Crippen molar-refractivity contribution in [3.05, 3.63) is 29.1 Å². The van der Waals surface area contributed by atoms with E-state index in [1.165, 1.54) is 0 Å². The second-order valence-corrected chi connectivity index (χ2v) is 5.64. The number of halogens is 1. The monoisotopic (exact) mass is 296 g/mol. The zero-order chi connectivity index (χ0) is 14.2. The van der Waals surface area contributed by atoms with E-state index in [1.54, 1.807) is 12.4 Å². The number of hydrogen-bond donors (Lipinski definition) is 2. The number of nitrogens with one attached hydrogen (secondary N) is 1. The van der Waals surface area contributed by atoms with Crippen LogP contribution in [0, 0.1) is 0 Å². The standard InChI is InChI=1S/C12H17ClN6O/c1-18-10(13)6-14-11(18)7-19-4-2-3-12(20,8-19)9-5-15-17-16-9/h5-6,20H,2-4,7-8H2,1H3,(H,15,16,17)/t12-/m1/s1. The highest BCUT2D eigenvalue weighted by molar-refractivity contribution is 6.29. The molecule has 0 bridgehead atoms. The van der Waals surface area contributed by atoms with E-state index < -0.39 is 5.60 Å². The van der Waals surface area contributed by atoms with Crippen LogP contribution in [0.4, 0.5) is 0 Å². The molecule has 1 atom stereocenters. The number of hydrogen-bond acceptors (Lipinski definition) is 5. The van der Waals surface area contributed by atoms with Crippen molar-refractivity contribution in [1.82, 2.24) is 29.9 Å². The van der Waals surface area contributed by atoms with Crippen LogP contribution in [0.15, 0.2) is 12.4 Å². The van der Waals surface area contributed by atoms with Crippen LogP contribution in [-0.4, -0.2) is 48.1 Å². The lowest BCUT2D eigenvalue weighted by Crippen LogP contribution is -2.46. The predicted molar refractivity (Wildman–Crippen MR) is 73.0 cm³/mol. The Labute approximate surface area is 121 Å². The van der Waals surface area contributed by atoms with Gasteiger partial charge in [0.1, 0.15) is 22.3 Å². The molecule has 20 heavy (non-hydrogen) atoms. The molecule has 1 aliphatic rings. The van der Waals surface area contributed by atoms with Gasteiger partial charge < -0.3 is 9.67 Å². The highest BCUT2D eigenvalue weighted by Gasteiger charge is 2.37. The third-order valence-electron chi connectivity index (χ3n) is 3.83. The van der Waals surface area contributed by atoms with E-state index in [-0.39, 0.29) is 0 Å². The van der Waals surface area contributed by atoms with Crippen LogP contribution in [0.1, 0.15) is 24.4 Å². The number of imidazole rings is 1. The molecule has 2 N–H and O–H groups in total. The van der Waals surface area contributed by atoms with Crippen molar-refractivity contribution in [3.63, 3.8) is 0 Å². The van der Waals surface area contributed by atoms with Gasteiger partial charge in [-0.25, -0.2) is 4.98 Å². The summed E-state index contributed by atoms with van der Waals surface area (Å²) < 4.78 is 1.85. The molecule has 0 amide bonds. The maximum Gasteiger partial charge on any atom is 0.128 e. The van der Waals surface area contributed by atoms with Gasteiger partial charge in [0.05, 0.1) is 18.9 Å². The third-order valence-corrected chi connectivity index (χ3v) is 4.19. The zero-order valence-corrected chi connectivity index (χ0v) is 12.0. The third kappa shape index (κ3) is 2.44. The van der Waals surface area contributed by atoms with Gasteiger partial charge in [0.2, 0.25) is 0 Å². The Hall–Kier alpha value is -1.44. The molecule has 0 aromatic carbocycles. The summed E-state index contributed by atoms with van der Waals surface area (Å²) in [4.78, 5) is 6.46. The molecule has 1 fully saturated rings. The summed E-state index contributed by atoms with van der Waals surface area (Å²) in [6.45, 7) is 2.10. The fourth-order valence-electron chi connectivity index (χ4n) is 2.66. The van der Waals surface area contributed by atoms with Gasteiger partial charge in [-0.1, -0.05) is 11.6 Å². The van der Waals surface area contributed by atoms with Gasteiger partial charge in [-0.3, -0.25) is 4.90 Å². The molecular weight excluding hydrogens is 280 g/mol. The molecule has 3 rings (SSSR count). The first-order chi connectivity index (χ1) is 9.58. The Morgan fingerprint density at radius 2 is 2.35 bits per heavy atom. The van der Waals surface area contributed by atoms with Crippen molar-refractivity contribution in [1.29, 1.82) is 0 Å². The summed E-state index contributed by atoms with van der Waals surface area (Å²) in [7, 11) is 1.89. The van der Waals surface area contributed by atoms with Crippen LogP contribution in [0.2, 0.25) is 5.15 Å². The molecule has 3 heterocycles. The van der Waals surface area contributed by atoms with Gasteiger partial charge in [0.15, 0.2) is 0 Å². The molecule has 0 unspecified atom stereocenters. The van der Waals surface area contributed by atoms with Gasteiger partial charge in [-0.2, -0.15) is 15.4 Å². The molecular formula is C12H17ClN6O.